The summed E-state index contributed by atoms with van der Waals surface area (Å²) in [4.78, 5) is 21.2. The molecule has 1 aliphatic rings. The summed E-state index contributed by atoms with van der Waals surface area (Å²) in [5.41, 5.74) is 0.971. The third kappa shape index (κ3) is 2.72. The van der Waals surface area contributed by atoms with Gasteiger partial charge in [-0.3, -0.25) is 4.79 Å². The molecule has 100 valence electrons. The third-order valence-electron chi connectivity index (χ3n) is 3.39. The fourth-order valence-electron chi connectivity index (χ4n) is 2.41. The van der Waals surface area contributed by atoms with Gasteiger partial charge in [0.1, 0.15) is 0 Å². The van der Waals surface area contributed by atoms with E-state index in [-0.39, 0.29) is 0 Å². The van der Waals surface area contributed by atoms with Crippen LogP contribution in [0.2, 0.25) is 0 Å². The van der Waals surface area contributed by atoms with E-state index in [1.807, 2.05) is 0 Å². The zero-order valence-corrected chi connectivity index (χ0v) is 12.2. The number of carbonyl (C=O) groups is 1. The van der Waals surface area contributed by atoms with E-state index in [1.54, 1.807) is 0 Å². The van der Waals surface area contributed by atoms with Gasteiger partial charge in [-0.25, -0.2) is 4.98 Å². The van der Waals surface area contributed by atoms with E-state index >= 15 is 0 Å². The van der Waals surface area contributed by atoms with Gasteiger partial charge in [0.05, 0.1) is 10.6 Å². The standard InChI is InChI=1S/C13H21N3OS/c1-4-5-11-12(9-17)18-13(14-11)16-7-6-15(3)8-10(16)2/h9-10H,4-8H2,1-3H3. The zero-order valence-electron chi connectivity index (χ0n) is 11.3. The van der Waals surface area contributed by atoms with E-state index in [0.717, 1.165) is 54.5 Å². The molecule has 0 spiro atoms. The Labute approximate surface area is 113 Å². The Morgan fingerprint density at radius 2 is 2.28 bits per heavy atom. The van der Waals surface area contributed by atoms with Gasteiger partial charge >= 0.3 is 0 Å². The minimum atomic E-state index is 0.462. The van der Waals surface area contributed by atoms with Gasteiger partial charge in [0.2, 0.25) is 0 Å². The number of hydrogen-bond donors (Lipinski definition) is 0. The van der Waals surface area contributed by atoms with Crippen LogP contribution >= 0.6 is 11.3 Å². The second-order valence-corrected chi connectivity index (χ2v) is 5.99. The maximum atomic E-state index is 11.1. The molecule has 1 saturated heterocycles. The van der Waals surface area contributed by atoms with Crippen molar-refractivity contribution in [2.75, 3.05) is 31.6 Å². The Kier molecular flexibility index (Phi) is 4.35. The monoisotopic (exact) mass is 267 g/mol. The fraction of sp³-hybridized carbons (Fsp3) is 0.692. The van der Waals surface area contributed by atoms with Gasteiger partial charge in [-0.05, 0) is 20.4 Å². The summed E-state index contributed by atoms with van der Waals surface area (Å²) in [6.45, 7) is 7.45. The molecule has 18 heavy (non-hydrogen) atoms. The van der Waals surface area contributed by atoms with Crippen LogP contribution < -0.4 is 4.90 Å². The number of aldehydes is 1. The molecule has 0 saturated carbocycles. The number of aryl methyl sites for hydroxylation is 1. The molecule has 4 nitrogen and oxygen atoms in total. The molecule has 0 N–H and O–H groups in total. The van der Waals surface area contributed by atoms with Gasteiger partial charge in [0, 0.05) is 25.7 Å². The molecule has 0 radical (unpaired) electrons. The molecule has 1 unspecified atom stereocenters. The molecule has 0 amide bonds. The van der Waals surface area contributed by atoms with Crippen LogP contribution in [0, 0.1) is 0 Å². The lowest BCUT2D eigenvalue weighted by Gasteiger charge is -2.38. The molecule has 2 rings (SSSR count). The van der Waals surface area contributed by atoms with Crippen LogP contribution in [0.3, 0.4) is 0 Å². The average Bonchev–Trinajstić information content (AvgIpc) is 2.72. The number of likely N-dealkylation sites (N-methyl/N-ethyl adjacent to an activating group) is 1. The molecule has 1 aromatic rings. The lowest BCUT2D eigenvalue weighted by molar-refractivity contribution is 0.112. The van der Waals surface area contributed by atoms with Crippen LogP contribution in [0.5, 0.6) is 0 Å². The SMILES string of the molecule is CCCc1nc(N2CCN(C)CC2C)sc1C=O. The number of hydrogen-bond acceptors (Lipinski definition) is 5. The smallest absolute Gasteiger partial charge is 0.186 e. The molecule has 0 aliphatic carbocycles. The first-order chi connectivity index (χ1) is 8.65. The number of aromatic nitrogens is 1. The molecule has 5 heteroatoms. The number of piperazine rings is 1. The Morgan fingerprint density at radius 3 is 2.89 bits per heavy atom. The molecular formula is C13H21N3OS. The first-order valence-electron chi connectivity index (χ1n) is 6.55. The molecule has 1 fully saturated rings. The summed E-state index contributed by atoms with van der Waals surface area (Å²) in [5, 5.41) is 1.01. The largest absolute Gasteiger partial charge is 0.343 e. The highest BCUT2D eigenvalue weighted by molar-refractivity contribution is 7.17. The lowest BCUT2D eigenvalue weighted by atomic mass is 10.2. The van der Waals surface area contributed by atoms with Crippen LogP contribution in [0.15, 0.2) is 0 Å². The van der Waals surface area contributed by atoms with Crippen molar-refractivity contribution in [1.29, 1.82) is 0 Å². The molecule has 0 bridgehead atoms. The third-order valence-corrected chi connectivity index (χ3v) is 4.45. The highest BCUT2D eigenvalue weighted by Gasteiger charge is 2.25. The summed E-state index contributed by atoms with van der Waals surface area (Å²) in [6, 6.07) is 0.462. The number of nitrogens with zero attached hydrogens (tertiary/aromatic N) is 3. The summed E-state index contributed by atoms with van der Waals surface area (Å²) >= 11 is 1.54. The maximum Gasteiger partial charge on any atom is 0.186 e. The van der Waals surface area contributed by atoms with Crippen molar-refractivity contribution >= 4 is 22.8 Å². The maximum absolute atomic E-state index is 11.1. The van der Waals surface area contributed by atoms with Crippen LogP contribution in [-0.2, 0) is 6.42 Å². The van der Waals surface area contributed by atoms with E-state index in [1.165, 1.54) is 11.3 Å². The fourth-order valence-corrected chi connectivity index (χ4v) is 3.46. The Balaban J connectivity index is 2.20. The van der Waals surface area contributed by atoms with Crippen molar-refractivity contribution in [3.63, 3.8) is 0 Å². The summed E-state index contributed by atoms with van der Waals surface area (Å²) in [7, 11) is 2.15. The van der Waals surface area contributed by atoms with Crippen LogP contribution in [0.25, 0.3) is 0 Å². The molecule has 2 heterocycles. The molecule has 1 aliphatic heterocycles. The second-order valence-electron chi connectivity index (χ2n) is 4.98. The summed E-state index contributed by atoms with van der Waals surface area (Å²) in [5.74, 6) is 0. The molecular weight excluding hydrogens is 246 g/mol. The zero-order chi connectivity index (χ0) is 13.1. The van der Waals surface area contributed by atoms with E-state index in [0.29, 0.717) is 6.04 Å². The Hall–Kier alpha value is -0.940. The number of carbonyl (C=O) groups excluding carboxylic acids is 1. The Bertz CT molecular complexity index is 418. The first-order valence-corrected chi connectivity index (χ1v) is 7.37. The van der Waals surface area contributed by atoms with E-state index in [9.17, 15) is 4.79 Å². The highest BCUT2D eigenvalue weighted by Crippen LogP contribution is 2.28. The second kappa shape index (κ2) is 5.80. The predicted molar refractivity (Wildman–Crippen MR) is 75.8 cm³/mol. The average molecular weight is 267 g/mol. The topological polar surface area (TPSA) is 36.4 Å². The van der Waals surface area contributed by atoms with Gasteiger partial charge in [0.15, 0.2) is 11.4 Å². The summed E-state index contributed by atoms with van der Waals surface area (Å²) in [6.07, 6.45) is 2.88. The van der Waals surface area contributed by atoms with Crippen molar-refractivity contribution in [3.05, 3.63) is 10.6 Å². The van der Waals surface area contributed by atoms with Crippen molar-refractivity contribution in [2.45, 2.75) is 32.7 Å². The number of thiazole rings is 1. The van der Waals surface area contributed by atoms with Gasteiger partial charge in [-0.1, -0.05) is 24.7 Å². The molecule has 1 aromatic heterocycles. The molecule has 1 atom stereocenters. The normalized spacial score (nSPS) is 21.3. The van der Waals surface area contributed by atoms with Gasteiger partial charge in [-0.2, -0.15) is 0 Å². The van der Waals surface area contributed by atoms with Crippen molar-refractivity contribution in [1.82, 2.24) is 9.88 Å². The number of anilines is 1. The predicted octanol–water partition coefficient (Wildman–Crippen LogP) is 2.05. The Morgan fingerprint density at radius 1 is 1.50 bits per heavy atom. The quantitative estimate of drug-likeness (QED) is 0.782. The number of rotatable bonds is 4. The van der Waals surface area contributed by atoms with Crippen LogP contribution in [0.4, 0.5) is 5.13 Å². The lowest BCUT2D eigenvalue weighted by Crippen LogP contribution is -2.50. The van der Waals surface area contributed by atoms with Crippen molar-refractivity contribution < 1.29 is 4.79 Å². The first kappa shape index (κ1) is 13.5. The summed E-state index contributed by atoms with van der Waals surface area (Å²) < 4.78 is 0. The minimum absolute atomic E-state index is 0.462. The van der Waals surface area contributed by atoms with E-state index in [2.05, 4.69) is 35.7 Å². The van der Waals surface area contributed by atoms with E-state index < -0.39 is 0 Å². The van der Waals surface area contributed by atoms with Gasteiger partial charge in [-0.15, -0.1) is 0 Å². The van der Waals surface area contributed by atoms with Gasteiger partial charge in [0.25, 0.3) is 0 Å². The van der Waals surface area contributed by atoms with Crippen molar-refractivity contribution in [3.8, 4) is 0 Å². The molecule has 0 aromatic carbocycles. The van der Waals surface area contributed by atoms with Gasteiger partial charge < -0.3 is 9.80 Å². The highest BCUT2D eigenvalue weighted by atomic mass is 32.1. The van der Waals surface area contributed by atoms with E-state index in [4.69, 9.17) is 0 Å². The van der Waals surface area contributed by atoms with Crippen LogP contribution in [-0.4, -0.2) is 48.9 Å². The van der Waals surface area contributed by atoms with Crippen LogP contribution in [0.1, 0.15) is 35.6 Å². The minimum Gasteiger partial charge on any atom is -0.343 e. The van der Waals surface area contributed by atoms with Crippen molar-refractivity contribution in [2.24, 2.45) is 0 Å².